The van der Waals surface area contributed by atoms with E-state index in [1.165, 1.54) is 0 Å². The number of nitrogens with zero attached hydrogens (tertiary/aromatic N) is 2. The van der Waals surface area contributed by atoms with Crippen molar-refractivity contribution in [2.45, 2.75) is 0 Å². The van der Waals surface area contributed by atoms with Crippen LogP contribution in [0.5, 0.6) is 5.75 Å². The molecule has 0 aliphatic rings. The van der Waals surface area contributed by atoms with Gasteiger partial charge in [-0.05, 0) is 54.6 Å². The van der Waals surface area contributed by atoms with Gasteiger partial charge in [0.25, 0.3) is 0 Å². The summed E-state index contributed by atoms with van der Waals surface area (Å²) in [6, 6.07) is 20.9. The summed E-state index contributed by atoms with van der Waals surface area (Å²) in [7, 11) is 1.64. The van der Waals surface area contributed by atoms with Crippen LogP contribution in [-0.4, -0.2) is 17.1 Å². The molecule has 3 aromatic carbocycles. The van der Waals surface area contributed by atoms with Crippen LogP contribution in [0.15, 0.2) is 66.7 Å². The normalized spacial score (nSPS) is 10.8. The topological polar surface area (TPSA) is 47.0 Å². The van der Waals surface area contributed by atoms with Crippen molar-refractivity contribution in [1.29, 1.82) is 0 Å². The summed E-state index contributed by atoms with van der Waals surface area (Å²) >= 11 is 12.2. The monoisotopic (exact) mass is 395 g/mol. The third kappa shape index (κ3) is 3.68. The molecule has 27 heavy (non-hydrogen) atoms. The van der Waals surface area contributed by atoms with Gasteiger partial charge in [-0.2, -0.15) is 0 Å². The van der Waals surface area contributed by atoms with Gasteiger partial charge in [0.2, 0.25) is 0 Å². The van der Waals surface area contributed by atoms with Crippen molar-refractivity contribution in [2.24, 2.45) is 0 Å². The zero-order chi connectivity index (χ0) is 18.8. The number of benzene rings is 3. The van der Waals surface area contributed by atoms with Gasteiger partial charge in [0.05, 0.1) is 22.7 Å². The molecule has 0 aliphatic heterocycles. The number of ether oxygens (including phenoxy) is 1. The van der Waals surface area contributed by atoms with Gasteiger partial charge in [-0.15, -0.1) is 0 Å². The Labute approximate surface area is 166 Å². The number of hydrogen-bond donors (Lipinski definition) is 1. The van der Waals surface area contributed by atoms with Crippen molar-refractivity contribution in [1.82, 2.24) is 9.97 Å². The molecule has 1 aromatic heterocycles. The van der Waals surface area contributed by atoms with Crippen LogP contribution in [0, 0.1) is 0 Å². The number of halogens is 2. The fourth-order valence-electron chi connectivity index (χ4n) is 2.75. The average molecular weight is 396 g/mol. The number of methoxy groups -OCH3 is 1. The van der Waals surface area contributed by atoms with Crippen LogP contribution in [0.25, 0.3) is 22.3 Å². The number of para-hydroxylation sites is 1. The zero-order valence-electron chi connectivity index (χ0n) is 14.4. The zero-order valence-corrected chi connectivity index (χ0v) is 15.9. The maximum Gasteiger partial charge on any atom is 0.162 e. The van der Waals surface area contributed by atoms with Gasteiger partial charge >= 0.3 is 0 Å². The quantitative estimate of drug-likeness (QED) is 0.436. The average Bonchev–Trinajstić information content (AvgIpc) is 2.71. The molecule has 4 rings (SSSR count). The molecule has 4 aromatic rings. The molecule has 0 unspecified atom stereocenters. The number of hydrogen-bond acceptors (Lipinski definition) is 4. The second-order valence-electron chi connectivity index (χ2n) is 5.90. The highest BCUT2D eigenvalue weighted by Gasteiger charge is 2.10. The van der Waals surface area contributed by atoms with Crippen LogP contribution in [0.3, 0.4) is 0 Å². The SMILES string of the molecule is COc1ccc(-c2nc(Nc3ccc(Cl)c(Cl)c3)c3ccccc3n2)cc1. The first-order chi connectivity index (χ1) is 13.1. The molecule has 0 amide bonds. The van der Waals surface area contributed by atoms with E-state index in [4.69, 9.17) is 37.9 Å². The third-order valence-electron chi connectivity index (χ3n) is 4.13. The van der Waals surface area contributed by atoms with Gasteiger partial charge in [0, 0.05) is 16.6 Å². The molecule has 6 heteroatoms. The van der Waals surface area contributed by atoms with Crippen LogP contribution in [0.2, 0.25) is 10.0 Å². The second kappa shape index (κ2) is 7.43. The number of fused-ring (bicyclic) bond motifs is 1. The summed E-state index contributed by atoms with van der Waals surface area (Å²) < 4.78 is 5.22. The van der Waals surface area contributed by atoms with Crippen LogP contribution in [0.4, 0.5) is 11.5 Å². The lowest BCUT2D eigenvalue weighted by Gasteiger charge is -2.12. The molecule has 0 saturated carbocycles. The van der Waals surface area contributed by atoms with E-state index in [2.05, 4.69) is 5.32 Å². The van der Waals surface area contributed by atoms with Gasteiger partial charge in [-0.1, -0.05) is 35.3 Å². The van der Waals surface area contributed by atoms with Crippen molar-refractivity contribution in [3.63, 3.8) is 0 Å². The number of nitrogens with one attached hydrogen (secondary N) is 1. The van der Waals surface area contributed by atoms with E-state index in [9.17, 15) is 0 Å². The Morgan fingerprint density at radius 1 is 0.852 bits per heavy atom. The van der Waals surface area contributed by atoms with E-state index in [1.807, 2.05) is 54.6 Å². The van der Waals surface area contributed by atoms with Crippen molar-refractivity contribution in [2.75, 3.05) is 12.4 Å². The second-order valence-corrected chi connectivity index (χ2v) is 6.71. The molecule has 1 N–H and O–H groups in total. The highest BCUT2D eigenvalue weighted by Crippen LogP contribution is 2.30. The van der Waals surface area contributed by atoms with E-state index < -0.39 is 0 Å². The first-order valence-corrected chi connectivity index (χ1v) is 9.03. The Morgan fingerprint density at radius 2 is 1.63 bits per heavy atom. The van der Waals surface area contributed by atoms with Gasteiger partial charge in [-0.25, -0.2) is 9.97 Å². The molecule has 0 radical (unpaired) electrons. The van der Waals surface area contributed by atoms with E-state index in [0.29, 0.717) is 21.7 Å². The highest BCUT2D eigenvalue weighted by molar-refractivity contribution is 6.42. The fourth-order valence-corrected chi connectivity index (χ4v) is 3.05. The van der Waals surface area contributed by atoms with Crippen LogP contribution < -0.4 is 10.1 Å². The molecule has 0 saturated heterocycles. The molecule has 0 fully saturated rings. The van der Waals surface area contributed by atoms with Crippen molar-refractivity contribution < 1.29 is 4.74 Å². The molecule has 4 nitrogen and oxygen atoms in total. The molecule has 0 aliphatic carbocycles. The molecule has 134 valence electrons. The number of rotatable bonds is 4. The Kier molecular flexibility index (Phi) is 4.84. The smallest absolute Gasteiger partial charge is 0.162 e. The van der Waals surface area contributed by atoms with Crippen LogP contribution >= 0.6 is 23.2 Å². The predicted molar refractivity (Wildman–Crippen MR) is 111 cm³/mol. The molecule has 0 bridgehead atoms. The Bertz CT molecular complexity index is 1110. The maximum atomic E-state index is 6.14. The molecule has 0 spiro atoms. The van der Waals surface area contributed by atoms with Gasteiger partial charge in [0.15, 0.2) is 5.82 Å². The van der Waals surface area contributed by atoms with Gasteiger partial charge < -0.3 is 10.1 Å². The van der Waals surface area contributed by atoms with Crippen LogP contribution in [-0.2, 0) is 0 Å². The maximum absolute atomic E-state index is 6.14. The Morgan fingerprint density at radius 3 is 2.37 bits per heavy atom. The predicted octanol–water partition coefficient (Wildman–Crippen LogP) is 6.36. The van der Waals surface area contributed by atoms with E-state index in [-0.39, 0.29) is 0 Å². The summed E-state index contributed by atoms with van der Waals surface area (Å²) in [5.41, 5.74) is 2.55. The largest absolute Gasteiger partial charge is 0.497 e. The summed E-state index contributed by atoms with van der Waals surface area (Å²) in [5, 5.41) is 5.24. The van der Waals surface area contributed by atoms with E-state index >= 15 is 0 Å². The fraction of sp³-hybridized carbons (Fsp3) is 0.0476. The lowest BCUT2D eigenvalue weighted by atomic mass is 10.1. The minimum Gasteiger partial charge on any atom is -0.497 e. The molecule has 1 heterocycles. The minimum atomic E-state index is 0.482. The van der Waals surface area contributed by atoms with Gasteiger partial charge in [0.1, 0.15) is 11.6 Å². The molecular formula is C21H15Cl2N3O. The highest BCUT2D eigenvalue weighted by atomic mass is 35.5. The first-order valence-electron chi connectivity index (χ1n) is 8.27. The summed E-state index contributed by atoms with van der Waals surface area (Å²) in [6.07, 6.45) is 0. The Balaban J connectivity index is 1.81. The number of aromatic nitrogens is 2. The lowest BCUT2D eigenvalue weighted by Crippen LogP contribution is -1.99. The van der Waals surface area contributed by atoms with Crippen molar-refractivity contribution in [3.8, 4) is 17.1 Å². The van der Waals surface area contributed by atoms with Crippen molar-refractivity contribution >= 4 is 45.6 Å². The standard InChI is InChI=1S/C21H15Cl2N3O/c1-27-15-9-6-13(7-10-15)20-25-19-5-3-2-4-16(19)21(26-20)24-14-8-11-17(22)18(23)12-14/h2-12H,1H3,(H,24,25,26). The first kappa shape index (κ1) is 17.6. The minimum absolute atomic E-state index is 0.482. The lowest BCUT2D eigenvalue weighted by molar-refractivity contribution is 0.415. The van der Waals surface area contributed by atoms with Gasteiger partial charge in [-0.3, -0.25) is 0 Å². The third-order valence-corrected chi connectivity index (χ3v) is 4.87. The summed E-state index contributed by atoms with van der Waals surface area (Å²) in [5.74, 6) is 2.11. The van der Waals surface area contributed by atoms with E-state index in [0.717, 1.165) is 27.9 Å². The van der Waals surface area contributed by atoms with E-state index in [1.54, 1.807) is 19.2 Å². The molecule has 0 atom stereocenters. The van der Waals surface area contributed by atoms with Crippen molar-refractivity contribution in [3.05, 3.63) is 76.8 Å². The Hall–Kier alpha value is -2.82. The summed E-state index contributed by atoms with van der Waals surface area (Å²) in [4.78, 5) is 9.43. The van der Waals surface area contributed by atoms with Crippen LogP contribution in [0.1, 0.15) is 0 Å². The number of anilines is 2. The summed E-state index contributed by atoms with van der Waals surface area (Å²) in [6.45, 7) is 0. The molecular weight excluding hydrogens is 381 g/mol.